The van der Waals surface area contributed by atoms with Gasteiger partial charge in [0.25, 0.3) is 5.91 Å². The van der Waals surface area contributed by atoms with Crippen LogP contribution in [0.2, 0.25) is 0 Å². The number of carboxylic acids is 1. The number of carboxylic acid groups (broad SMARTS) is 1. The van der Waals surface area contributed by atoms with Gasteiger partial charge in [-0.25, -0.2) is 0 Å². The number of likely N-dealkylation sites (N-methyl/N-ethyl adjacent to an activating group) is 1. The fraction of sp³-hybridized carbons (Fsp3) is 0.308. The second-order valence-electron chi connectivity index (χ2n) is 4.39. The Balaban J connectivity index is 2.72. The van der Waals surface area contributed by atoms with Crippen molar-refractivity contribution in [2.45, 2.75) is 13.0 Å². The highest BCUT2D eigenvalue weighted by molar-refractivity contribution is 6.03. The zero-order chi connectivity index (χ0) is 15.3. The van der Waals surface area contributed by atoms with Gasteiger partial charge in [0.1, 0.15) is 6.04 Å². The van der Waals surface area contributed by atoms with E-state index in [0.29, 0.717) is 5.69 Å². The number of benzene rings is 1. The number of carbonyl (C=O) groups excluding carboxylic acids is 2. The van der Waals surface area contributed by atoms with Gasteiger partial charge in [0.15, 0.2) is 0 Å². The van der Waals surface area contributed by atoms with Gasteiger partial charge in [-0.3, -0.25) is 19.3 Å². The van der Waals surface area contributed by atoms with Gasteiger partial charge >= 0.3 is 5.97 Å². The molecule has 0 aromatic heterocycles. The van der Waals surface area contributed by atoms with E-state index in [1.807, 2.05) is 0 Å². The van der Waals surface area contributed by atoms with E-state index in [-0.39, 0.29) is 12.1 Å². The lowest BCUT2D eigenvalue weighted by Gasteiger charge is -2.20. The number of nitrogens with zero attached hydrogens (tertiary/aromatic N) is 1. The first-order valence-corrected chi connectivity index (χ1v) is 5.94. The first-order chi connectivity index (χ1) is 9.32. The zero-order valence-electron chi connectivity index (χ0n) is 11.3. The molecule has 108 valence electrons. The summed E-state index contributed by atoms with van der Waals surface area (Å²) in [5.41, 5.74) is 5.71. The summed E-state index contributed by atoms with van der Waals surface area (Å²) in [6.45, 7) is 1.37. The van der Waals surface area contributed by atoms with Crippen LogP contribution in [0.4, 0.5) is 5.69 Å². The smallest absolute Gasteiger partial charge is 0.320 e. The summed E-state index contributed by atoms with van der Waals surface area (Å²) in [4.78, 5) is 35.2. The molecule has 0 fully saturated rings. The van der Waals surface area contributed by atoms with Crippen molar-refractivity contribution in [2.24, 2.45) is 5.73 Å². The number of hydrogen-bond acceptors (Lipinski definition) is 4. The van der Waals surface area contributed by atoms with Crippen LogP contribution in [0.1, 0.15) is 17.3 Å². The molecule has 0 saturated heterocycles. The molecule has 0 aliphatic heterocycles. The van der Waals surface area contributed by atoms with Crippen LogP contribution in [-0.2, 0) is 9.59 Å². The number of amides is 2. The third-order valence-electron chi connectivity index (χ3n) is 2.88. The molecule has 1 aromatic rings. The van der Waals surface area contributed by atoms with Gasteiger partial charge in [-0.2, -0.15) is 0 Å². The van der Waals surface area contributed by atoms with Gasteiger partial charge < -0.3 is 16.2 Å². The zero-order valence-corrected chi connectivity index (χ0v) is 11.3. The summed E-state index contributed by atoms with van der Waals surface area (Å²) < 4.78 is 0. The van der Waals surface area contributed by atoms with Crippen LogP contribution >= 0.6 is 0 Å². The van der Waals surface area contributed by atoms with Gasteiger partial charge in [0, 0.05) is 0 Å². The average molecular weight is 279 g/mol. The third kappa shape index (κ3) is 4.06. The van der Waals surface area contributed by atoms with Crippen molar-refractivity contribution >= 4 is 23.5 Å². The SMILES string of the molecule is CC(C(=O)O)N(C)CC(=O)Nc1ccccc1C(N)=O. The van der Waals surface area contributed by atoms with E-state index >= 15 is 0 Å². The molecule has 1 unspecified atom stereocenters. The lowest BCUT2D eigenvalue weighted by Crippen LogP contribution is -2.40. The Hall–Kier alpha value is -2.41. The minimum Gasteiger partial charge on any atom is -0.480 e. The van der Waals surface area contributed by atoms with Crippen LogP contribution in [0, 0.1) is 0 Å². The van der Waals surface area contributed by atoms with Crippen LogP contribution in [0.15, 0.2) is 24.3 Å². The summed E-state index contributed by atoms with van der Waals surface area (Å²) in [6, 6.07) is 5.56. The van der Waals surface area contributed by atoms with Gasteiger partial charge in [0.05, 0.1) is 17.8 Å². The molecule has 7 nitrogen and oxygen atoms in total. The van der Waals surface area contributed by atoms with E-state index in [9.17, 15) is 14.4 Å². The summed E-state index contributed by atoms with van der Waals surface area (Å²) >= 11 is 0. The van der Waals surface area contributed by atoms with Gasteiger partial charge in [-0.1, -0.05) is 12.1 Å². The minimum absolute atomic E-state index is 0.111. The highest BCUT2D eigenvalue weighted by Gasteiger charge is 2.19. The molecule has 0 aliphatic carbocycles. The van der Waals surface area contributed by atoms with Gasteiger partial charge in [-0.15, -0.1) is 0 Å². The van der Waals surface area contributed by atoms with E-state index in [1.54, 1.807) is 18.2 Å². The molecule has 4 N–H and O–H groups in total. The number of primary amides is 1. The van der Waals surface area contributed by atoms with E-state index in [4.69, 9.17) is 10.8 Å². The molecular weight excluding hydrogens is 262 g/mol. The van der Waals surface area contributed by atoms with E-state index in [2.05, 4.69) is 5.32 Å². The highest BCUT2D eigenvalue weighted by Crippen LogP contribution is 2.14. The average Bonchev–Trinajstić information content (AvgIpc) is 2.37. The maximum absolute atomic E-state index is 11.8. The fourth-order valence-electron chi connectivity index (χ4n) is 1.55. The normalized spacial score (nSPS) is 11.9. The Morgan fingerprint density at radius 2 is 1.95 bits per heavy atom. The fourth-order valence-corrected chi connectivity index (χ4v) is 1.55. The van der Waals surface area contributed by atoms with Crippen LogP contribution < -0.4 is 11.1 Å². The Kier molecular flexibility index (Phi) is 5.22. The van der Waals surface area contributed by atoms with Gasteiger partial charge in [-0.05, 0) is 26.1 Å². The number of carbonyl (C=O) groups is 3. The number of para-hydroxylation sites is 1. The van der Waals surface area contributed by atoms with Crippen molar-refractivity contribution in [1.82, 2.24) is 4.90 Å². The maximum atomic E-state index is 11.8. The molecular formula is C13H17N3O4. The molecule has 1 atom stereocenters. The molecule has 0 saturated carbocycles. The van der Waals surface area contributed by atoms with Crippen molar-refractivity contribution < 1.29 is 19.5 Å². The van der Waals surface area contributed by atoms with E-state index in [0.717, 1.165) is 0 Å². The first kappa shape index (κ1) is 15.6. The van der Waals surface area contributed by atoms with Crippen molar-refractivity contribution in [3.8, 4) is 0 Å². The molecule has 0 aliphatic rings. The third-order valence-corrected chi connectivity index (χ3v) is 2.88. The quantitative estimate of drug-likeness (QED) is 0.685. The van der Waals surface area contributed by atoms with Crippen molar-refractivity contribution in [3.63, 3.8) is 0 Å². The predicted octanol–water partition coefficient (Wildman–Crippen LogP) is 0.129. The van der Waals surface area contributed by atoms with E-state index < -0.39 is 23.8 Å². The number of anilines is 1. The topological polar surface area (TPSA) is 113 Å². The number of rotatable bonds is 6. The molecule has 0 heterocycles. The molecule has 1 rings (SSSR count). The number of nitrogens with two attached hydrogens (primary N) is 1. The summed E-state index contributed by atoms with van der Waals surface area (Å²) in [7, 11) is 1.53. The molecule has 0 radical (unpaired) electrons. The second-order valence-corrected chi connectivity index (χ2v) is 4.39. The lowest BCUT2D eigenvalue weighted by atomic mass is 10.1. The molecule has 2 amide bonds. The number of nitrogens with one attached hydrogen (secondary N) is 1. The number of hydrogen-bond donors (Lipinski definition) is 3. The van der Waals surface area contributed by atoms with Crippen molar-refractivity contribution in [3.05, 3.63) is 29.8 Å². The molecule has 0 bridgehead atoms. The summed E-state index contributed by atoms with van der Waals surface area (Å²) in [5, 5.41) is 11.4. The van der Waals surface area contributed by atoms with Gasteiger partial charge in [0.2, 0.25) is 5.91 Å². The Morgan fingerprint density at radius 1 is 1.35 bits per heavy atom. The summed E-state index contributed by atoms with van der Waals surface area (Å²) in [6.07, 6.45) is 0. The highest BCUT2D eigenvalue weighted by atomic mass is 16.4. The standard InChI is InChI=1S/C13H17N3O4/c1-8(13(19)20)16(2)7-11(17)15-10-6-4-3-5-9(10)12(14)18/h3-6,8H,7H2,1-2H3,(H2,14,18)(H,15,17)(H,19,20). The predicted molar refractivity (Wildman–Crippen MR) is 73.3 cm³/mol. The number of aliphatic carboxylic acids is 1. The largest absolute Gasteiger partial charge is 0.480 e. The van der Waals surface area contributed by atoms with Crippen LogP contribution in [0.5, 0.6) is 0 Å². The Morgan fingerprint density at radius 3 is 2.50 bits per heavy atom. The molecule has 7 heteroatoms. The maximum Gasteiger partial charge on any atom is 0.320 e. The Labute approximate surface area is 116 Å². The molecule has 1 aromatic carbocycles. The van der Waals surface area contributed by atoms with Crippen LogP contribution in [0.25, 0.3) is 0 Å². The van der Waals surface area contributed by atoms with E-state index in [1.165, 1.54) is 24.9 Å². The van der Waals surface area contributed by atoms with Crippen LogP contribution in [-0.4, -0.2) is 47.4 Å². The summed E-state index contributed by atoms with van der Waals surface area (Å²) in [5.74, 6) is -2.08. The molecule has 20 heavy (non-hydrogen) atoms. The second kappa shape index (κ2) is 6.67. The Bertz CT molecular complexity index is 530. The van der Waals surface area contributed by atoms with Crippen molar-refractivity contribution in [2.75, 3.05) is 18.9 Å². The lowest BCUT2D eigenvalue weighted by molar-refractivity contribution is -0.142. The monoisotopic (exact) mass is 279 g/mol. The van der Waals surface area contributed by atoms with Crippen LogP contribution in [0.3, 0.4) is 0 Å². The molecule has 0 spiro atoms. The first-order valence-electron chi connectivity index (χ1n) is 5.94. The minimum atomic E-state index is -1.02. The van der Waals surface area contributed by atoms with Crippen molar-refractivity contribution in [1.29, 1.82) is 0 Å².